The van der Waals surface area contributed by atoms with Gasteiger partial charge in [-0.25, -0.2) is 0 Å². The van der Waals surface area contributed by atoms with Crippen LogP contribution in [0.1, 0.15) is 28.9 Å². The number of ketones is 1. The van der Waals surface area contributed by atoms with Crippen LogP contribution in [0.15, 0.2) is 81.7 Å². The molecular formula is C26H21BrN4O3. The molecular weight excluding hydrogens is 496 g/mol. The van der Waals surface area contributed by atoms with Gasteiger partial charge < -0.3 is 19.0 Å². The molecule has 7 nitrogen and oxygen atoms in total. The van der Waals surface area contributed by atoms with Crippen molar-refractivity contribution in [3.05, 3.63) is 94.4 Å². The van der Waals surface area contributed by atoms with Crippen molar-refractivity contribution in [2.45, 2.75) is 20.5 Å². The van der Waals surface area contributed by atoms with Crippen LogP contribution in [0.3, 0.4) is 0 Å². The van der Waals surface area contributed by atoms with Crippen molar-refractivity contribution in [3.63, 3.8) is 0 Å². The van der Waals surface area contributed by atoms with Crippen molar-refractivity contribution in [3.8, 4) is 11.4 Å². The van der Waals surface area contributed by atoms with Crippen molar-refractivity contribution in [2.24, 2.45) is 0 Å². The van der Waals surface area contributed by atoms with Crippen molar-refractivity contribution in [1.29, 1.82) is 0 Å². The minimum Gasteiger partial charge on any atom is -0.483 e. The Kier molecular flexibility index (Phi) is 5.90. The average molecular weight is 517 g/mol. The molecule has 0 spiro atoms. The zero-order valence-electron chi connectivity index (χ0n) is 18.6. The number of hydrogen-bond donors (Lipinski definition) is 1. The lowest BCUT2D eigenvalue weighted by atomic mass is 10.1. The predicted molar refractivity (Wildman–Crippen MR) is 134 cm³/mol. The Hall–Kier alpha value is -3.91. The molecule has 0 aliphatic carbocycles. The van der Waals surface area contributed by atoms with Crippen LogP contribution in [-0.2, 0) is 6.61 Å². The van der Waals surface area contributed by atoms with Gasteiger partial charge in [0.15, 0.2) is 12.4 Å². The maximum atomic E-state index is 12.5. The van der Waals surface area contributed by atoms with Gasteiger partial charge in [0, 0.05) is 28.0 Å². The highest BCUT2D eigenvalue weighted by atomic mass is 79.9. The number of halogens is 1. The first kappa shape index (κ1) is 21.9. The number of ether oxygens (including phenoxy) is 1. The molecule has 2 aromatic heterocycles. The molecule has 0 fully saturated rings. The molecule has 5 aromatic rings. The van der Waals surface area contributed by atoms with Gasteiger partial charge in [0.1, 0.15) is 5.75 Å². The molecule has 0 unspecified atom stereocenters. The van der Waals surface area contributed by atoms with Crippen LogP contribution in [0.2, 0.25) is 0 Å². The molecule has 0 atom stereocenters. The van der Waals surface area contributed by atoms with E-state index in [1.165, 1.54) is 0 Å². The van der Waals surface area contributed by atoms with Crippen molar-refractivity contribution in [2.75, 3.05) is 5.32 Å². The number of fused-ring (bicyclic) bond motifs is 1. The van der Waals surface area contributed by atoms with Crippen LogP contribution >= 0.6 is 15.9 Å². The zero-order chi connectivity index (χ0) is 23.7. The summed E-state index contributed by atoms with van der Waals surface area (Å²) >= 11 is 3.62. The van der Waals surface area contributed by atoms with E-state index in [-0.39, 0.29) is 18.4 Å². The van der Waals surface area contributed by atoms with Crippen molar-refractivity contribution >= 4 is 44.3 Å². The highest BCUT2D eigenvalue weighted by molar-refractivity contribution is 9.10. The Morgan fingerprint density at radius 2 is 1.76 bits per heavy atom. The second-order valence-corrected chi connectivity index (χ2v) is 8.62. The first-order chi connectivity index (χ1) is 16.5. The number of hydrogen-bond acceptors (Lipinski definition) is 6. The largest absolute Gasteiger partial charge is 0.483 e. The van der Waals surface area contributed by atoms with Crippen LogP contribution in [0.5, 0.6) is 5.75 Å². The van der Waals surface area contributed by atoms with Gasteiger partial charge in [-0.15, -0.1) is 5.10 Å². The minimum absolute atomic E-state index is 0.000942. The molecule has 0 bridgehead atoms. The third-order valence-corrected chi connectivity index (χ3v) is 6.09. The standard InChI is InChI=1S/C26H21BrN4O3/c1-16-25(17(2)32)20-13-23(21(27)14-22(20)31(16)19-11-7-4-8-12-19)33-15-24-29-30-26(34-24)28-18-9-5-3-6-10-18/h3-14H,15H2,1-2H3,(H,28,30). The number of carbonyl (C=O) groups is 1. The van der Waals surface area contributed by atoms with Gasteiger partial charge in [-0.2, -0.15) is 0 Å². The summed E-state index contributed by atoms with van der Waals surface area (Å²) < 4.78 is 14.5. The quantitative estimate of drug-likeness (QED) is 0.245. The monoisotopic (exact) mass is 516 g/mol. The smallest absolute Gasteiger partial charge is 0.320 e. The van der Waals surface area contributed by atoms with Gasteiger partial charge in [0.2, 0.25) is 0 Å². The highest BCUT2D eigenvalue weighted by Gasteiger charge is 2.21. The lowest BCUT2D eigenvalue weighted by Gasteiger charge is -2.10. The second-order valence-electron chi connectivity index (χ2n) is 7.77. The number of nitrogens with zero attached hydrogens (tertiary/aromatic N) is 3. The molecule has 3 aromatic carbocycles. The Morgan fingerprint density at radius 1 is 1.06 bits per heavy atom. The average Bonchev–Trinajstić information content (AvgIpc) is 3.39. The molecule has 0 amide bonds. The maximum absolute atomic E-state index is 12.5. The first-order valence-electron chi connectivity index (χ1n) is 10.7. The summed E-state index contributed by atoms with van der Waals surface area (Å²) in [5.74, 6) is 0.908. The summed E-state index contributed by atoms with van der Waals surface area (Å²) in [5.41, 5.74) is 4.30. The van der Waals surface area contributed by atoms with Crippen LogP contribution < -0.4 is 10.1 Å². The van der Waals surface area contributed by atoms with E-state index in [9.17, 15) is 4.79 Å². The van der Waals surface area contributed by atoms with E-state index in [4.69, 9.17) is 9.15 Å². The Balaban J connectivity index is 1.44. The fourth-order valence-corrected chi connectivity index (χ4v) is 4.47. The normalized spacial score (nSPS) is 11.0. The molecule has 170 valence electrons. The number of anilines is 2. The fourth-order valence-electron chi connectivity index (χ4n) is 4.03. The Bertz CT molecular complexity index is 1480. The van der Waals surface area contributed by atoms with E-state index < -0.39 is 0 Å². The first-order valence-corrected chi connectivity index (χ1v) is 11.5. The summed E-state index contributed by atoms with van der Waals surface area (Å²) in [4.78, 5) is 12.5. The molecule has 5 rings (SSSR count). The number of aromatic nitrogens is 3. The van der Waals surface area contributed by atoms with Gasteiger partial charge >= 0.3 is 6.01 Å². The number of rotatable bonds is 7. The summed E-state index contributed by atoms with van der Waals surface area (Å²) in [5, 5.41) is 11.9. The number of Topliss-reactive ketones (excluding diaryl/α,β-unsaturated/α-hetero) is 1. The summed E-state index contributed by atoms with van der Waals surface area (Å²) in [6, 6.07) is 23.7. The van der Waals surface area contributed by atoms with Crippen LogP contribution in [-0.4, -0.2) is 20.5 Å². The fraction of sp³-hybridized carbons (Fsp3) is 0.115. The topological polar surface area (TPSA) is 82.2 Å². The molecule has 1 N–H and O–H groups in total. The SMILES string of the molecule is CC(=O)c1c(C)n(-c2ccccc2)c2cc(Br)c(OCc3nnc(Nc4ccccc4)o3)cc12. The number of benzene rings is 3. The van der Waals surface area contributed by atoms with E-state index >= 15 is 0 Å². The molecule has 8 heteroatoms. The van der Waals surface area contributed by atoms with Crippen molar-refractivity contribution in [1.82, 2.24) is 14.8 Å². The Labute approximate surface area is 204 Å². The highest BCUT2D eigenvalue weighted by Crippen LogP contribution is 2.37. The van der Waals surface area contributed by atoms with Gasteiger partial charge in [-0.05, 0) is 66.2 Å². The summed E-state index contributed by atoms with van der Waals surface area (Å²) in [6.45, 7) is 3.62. The molecule has 2 heterocycles. The Morgan fingerprint density at radius 3 is 2.47 bits per heavy atom. The summed E-state index contributed by atoms with van der Waals surface area (Å²) in [7, 11) is 0. The maximum Gasteiger partial charge on any atom is 0.320 e. The lowest BCUT2D eigenvalue weighted by molar-refractivity contribution is 0.101. The molecule has 0 saturated heterocycles. The van der Waals surface area contributed by atoms with E-state index in [2.05, 4.69) is 36.0 Å². The van der Waals surface area contributed by atoms with E-state index in [0.717, 1.165) is 32.4 Å². The van der Waals surface area contributed by atoms with Gasteiger partial charge in [-0.3, -0.25) is 4.79 Å². The number of nitrogens with one attached hydrogen (secondary N) is 1. The van der Waals surface area contributed by atoms with E-state index in [0.29, 0.717) is 17.2 Å². The van der Waals surface area contributed by atoms with Crippen LogP contribution in [0, 0.1) is 6.92 Å². The van der Waals surface area contributed by atoms with Crippen LogP contribution in [0.4, 0.5) is 11.7 Å². The van der Waals surface area contributed by atoms with Crippen molar-refractivity contribution < 1.29 is 13.9 Å². The molecule has 0 aliphatic heterocycles. The molecule has 0 radical (unpaired) electrons. The molecule has 34 heavy (non-hydrogen) atoms. The van der Waals surface area contributed by atoms with Crippen LogP contribution in [0.25, 0.3) is 16.6 Å². The van der Waals surface area contributed by atoms with Gasteiger partial charge in [0.25, 0.3) is 5.89 Å². The van der Waals surface area contributed by atoms with E-state index in [1.807, 2.05) is 79.7 Å². The van der Waals surface area contributed by atoms with E-state index in [1.54, 1.807) is 6.92 Å². The zero-order valence-corrected chi connectivity index (χ0v) is 20.2. The predicted octanol–water partition coefficient (Wildman–Crippen LogP) is 6.61. The lowest BCUT2D eigenvalue weighted by Crippen LogP contribution is -1.99. The molecule has 0 saturated carbocycles. The number of carbonyl (C=O) groups excluding carboxylic acids is 1. The number of para-hydroxylation sites is 2. The van der Waals surface area contributed by atoms with Gasteiger partial charge in [0.05, 0.1) is 9.99 Å². The summed E-state index contributed by atoms with van der Waals surface area (Å²) in [6.07, 6.45) is 0. The minimum atomic E-state index is -0.000942. The second kappa shape index (κ2) is 9.15. The molecule has 0 aliphatic rings. The van der Waals surface area contributed by atoms with Gasteiger partial charge in [-0.1, -0.05) is 41.5 Å². The third kappa shape index (κ3) is 4.20. The third-order valence-electron chi connectivity index (χ3n) is 5.47.